The van der Waals surface area contributed by atoms with E-state index in [2.05, 4.69) is 20.6 Å². The summed E-state index contributed by atoms with van der Waals surface area (Å²) in [5, 5.41) is 33.6. The molecule has 2 rings (SSSR count). The third-order valence-electron chi connectivity index (χ3n) is 3.86. The number of phenolic OH excluding ortho intramolecular Hbond substituents is 1. The summed E-state index contributed by atoms with van der Waals surface area (Å²) in [4.78, 5) is 29.4. The van der Waals surface area contributed by atoms with E-state index < -0.39 is 24.0 Å². The third kappa shape index (κ3) is 8.44. The number of aromatic hydroxyl groups is 1. The van der Waals surface area contributed by atoms with Gasteiger partial charge in [0.1, 0.15) is 17.8 Å². The molecule has 28 heavy (non-hydrogen) atoms. The van der Waals surface area contributed by atoms with Crippen LogP contribution in [0.2, 0.25) is 0 Å². The van der Waals surface area contributed by atoms with Gasteiger partial charge in [-0.3, -0.25) is 9.59 Å². The Morgan fingerprint density at radius 2 is 1.54 bits per heavy atom. The van der Waals surface area contributed by atoms with Crippen LogP contribution in [0.15, 0.2) is 36.8 Å². The zero-order valence-corrected chi connectivity index (χ0v) is 16.3. The Bertz CT molecular complexity index is 726. The summed E-state index contributed by atoms with van der Waals surface area (Å²) >= 11 is 1.06. The number of carbonyl (C=O) groups is 2. The second kappa shape index (κ2) is 12.8. The number of rotatable bonds is 11. The van der Waals surface area contributed by atoms with Crippen molar-refractivity contribution in [2.45, 2.75) is 24.9 Å². The number of benzene rings is 1. The molecule has 0 saturated carbocycles. The minimum absolute atomic E-state index is 0.120. The summed E-state index contributed by atoms with van der Waals surface area (Å²) in [6.45, 7) is 0.590. The van der Waals surface area contributed by atoms with Crippen LogP contribution in [-0.2, 0) is 43.5 Å². The number of carboxylic acid groups (broad SMARTS) is 2. The normalized spacial score (nSPS) is 12.4. The first-order valence-corrected chi connectivity index (χ1v) is 8.88. The summed E-state index contributed by atoms with van der Waals surface area (Å²) in [6, 6.07) is 4.73. The Kier molecular flexibility index (Phi) is 10.7. The second-order valence-corrected chi connectivity index (χ2v) is 5.84. The van der Waals surface area contributed by atoms with Crippen molar-refractivity contribution in [2.24, 2.45) is 0 Å². The summed E-state index contributed by atoms with van der Waals surface area (Å²) in [5.74, 6) is -1.86. The Morgan fingerprint density at radius 3 is 2.00 bits per heavy atom. The molecule has 0 bridgehead atoms. The van der Waals surface area contributed by atoms with Crippen LogP contribution < -0.4 is 10.6 Å². The van der Waals surface area contributed by atoms with Crippen molar-refractivity contribution < 1.29 is 46.0 Å². The van der Waals surface area contributed by atoms with Crippen molar-refractivity contribution in [3.05, 3.63) is 48.0 Å². The van der Waals surface area contributed by atoms with E-state index in [0.717, 1.165) is 22.9 Å². The van der Waals surface area contributed by atoms with Crippen molar-refractivity contribution >= 4 is 11.9 Å². The molecule has 0 saturated heterocycles. The standard InChI is InChI=1S/C17H22N4O5.O.V/c22-13-3-1-11(2-4-13)7-14(16(23)24)19-5-6-20-15(17(25)26)8-12-9-18-10-21-12;;/h1-4,9-10,14-15,19-20,22H,5-8H2,(H,18,21)(H,23,24)(H,25,26);;/t14-,15-;;/m0../s1. The molecular formula is C17H22N4O6V. The van der Waals surface area contributed by atoms with E-state index in [0.29, 0.717) is 18.8 Å². The van der Waals surface area contributed by atoms with Crippen LogP contribution in [0.5, 0.6) is 5.75 Å². The van der Waals surface area contributed by atoms with E-state index in [9.17, 15) is 24.9 Å². The molecule has 0 aliphatic heterocycles. The second-order valence-electron chi connectivity index (χ2n) is 5.84. The van der Waals surface area contributed by atoms with Gasteiger partial charge in [-0.15, -0.1) is 0 Å². The molecule has 0 aliphatic rings. The molecule has 1 heterocycles. The van der Waals surface area contributed by atoms with Gasteiger partial charge in [0.25, 0.3) is 0 Å². The van der Waals surface area contributed by atoms with E-state index in [-0.39, 0.29) is 18.6 Å². The molecule has 2 atom stereocenters. The average molecular weight is 429 g/mol. The number of H-pyrrole nitrogens is 1. The zero-order chi connectivity index (χ0) is 20.9. The first-order valence-electron chi connectivity index (χ1n) is 8.31. The summed E-state index contributed by atoms with van der Waals surface area (Å²) < 4.78 is 8.19. The van der Waals surface area contributed by atoms with Crippen LogP contribution >= 0.6 is 0 Å². The number of imidazole rings is 1. The third-order valence-corrected chi connectivity index (χ3v) is 3.86. The van der Waals surface area contributed by atoms with Crippen molar-refractivity contribution in [3.8, 4) is 5.75 Å². The maximum atomic E-state index is 11.4. The molecule has 0 unspecified atom stereocenters. The van der Waals surface area contributed by atoms with E-state index in [4.69, 9.17) is 3.67 Å². The van der Waals surface area contributed by atoms with Gasteiger partial charge < -0.3 is 30.9 Å². The predicted molar refractivity (Wildman–Crippen MR) is 93.6 cm³/mol. The van der Waals surface area contributed by atoms with Crippen LogP contribution in [0.3, 0.4) is 0 Å². The molecular weight excluding hydrogens is 407 g/mol. The zero-order valence-electron chi connectivity index (χ0n) is 14.9. The van der Waals surface area contributed by atoms with Crippen molar-refractivity contribution in [1.82, 2.24) is 20.6 Å². The maximum absolute atomic E-state index is 11.4. The van der Waals surface area contributed by atoms with Gasteiger partial charge >= 0.3 is 33.0 Å². The van der Waals surface area contributed by atoms with Crippen molar-refractivity contribution in [2.75, 3.05) is 13.1 Å². The summed E-state index contributed by atoms with van der Waals surface area (Å²) in [7, 11) is 0. The molecule has 1 aromatic heterocycles. The summed E-state index contributed by atoms with van der Waals surface area (Å²) in [6.07, 6.45) is 3.56. The number of aromatic amines is 1. The van der Waals surface area contributed by atoms with Gasteiger partial charge in [-0.2, -0.15) is 0 Å². The van der Waals surface area contributed by atoms with Crippen LogP contribution in [-0.4, -0.2) is 62.4 Å². The van der Waals surface area contributed by atoms with Gasteiger partial charge in [0.15, 0.2) is 0 Å². The molecule has 0 amide bonds. The van der Waals surface area contributed by atoms with Gasteiger partial charge in [-0.05, 0) is 24.1 Å². The fourth-order valence-electron chi connectivity index (χ4n) is 2.47. The quantitative estimate of drug-likeness (QED) is 0.267. The van der Waals surface area contributed by atoms with Crippen LogP contribution in [0.25, 0.3) is 0 Å². The molecule has 1 aromatic carbocycles. The fraction of sp³-hybridized carbons (Fsp3) is 0.353. The van der Waals surface area contributed by atoms with Gasteiger partial charge in [0.05, 0.1) is 6.33 Å². The molecule has 0 aliphatic carbocycles. The molecule has 151 valence electrons. The molecule has 6 N–H and O–H groups in total. The number of nitrogens with one attached hydrogen (secondary N) is 3. The number of hydrogen-bond donors (Lipinski definition) is 6. The van der Waals surface area contributed by atoms with Gasteiger partial charge in [0, 0.05) is 31.4 Å². The summed E-state index contributed by atoms with van der Waals surface area (Å²) in [5.41, 5.74) is 1.48. The van der Waals surface area contributed by atoms with Gasteiger partial charge in [0.2, 0.25) is 0 Å². The number of hydrogen-bond acceptors (Lipinski definition) is 7. The average Bonchev–Trinajstić information content (AvgIpc) is 3.19. The first kappa shape index (κ1) is 23.5. The number of aliphatic carboxylic acids is 2. The van der Waals surface area contributed by atoms with Crippen molar-refractivity contribution in [1.29, 1.82) is 0 Å². The molecule has 10 nitrogen and oxygen atoms in total. The SMILES string of the molecule is O=C(O)[C@H](Cc1ccc(O)cc1)NCCN[C@@H](Cc1cnc[nH]1)C(=O)O.[O]=[V]. The van der Waals surface area contributed by atoms with Gasteiger partial charge in [-0.25, -0.2) is 4.98 Å². The number of carboxylic acids is 2. The Hall–Kier alpha value is -2.53. The van der Waals surface area contributed by atoms with Crippen molar-refractivity contribution in [3.63, 3.8) is 0 Å². The molecule has 11 heteroatoms. The molecule has 2 aromatic rings. The van der Waals surface area contributed by atoms with E-state index in [1.54, 1.807) is 18.3 Å². The van der Waals surface area contributed by atoms with Crippen LogP contribution in [0.4, 0.5) is 0 Å². The monoisotopic (exact) mass is 429 g/mol. The fourth-order valence-corrected chi connectivity index (χ4v) is 2.47. The Labute approximate surface area is 170 Å². The molecule has 0 radical (unpaired) electrons. The van der Waals surface area contributed by atoms with E-state index in [1.807, 2.05) is 0 Å². The van der Waals surface area contributed by atoms with E-state index in [1.165, 1.54) is 18.5 Å². The first-order chi connectivity index (χ1) is 13.5. The molecule has 0 fully saturated rings. The van der Waals surface area contributed by atoms with E-state index >= 15 is 0 Å². The van der Waals surface area contributed by atoms with Crippen LogP contribution in [0, 0.1) is 0 Å². The number of aromatic nitrogens is 2. The topological polar surface area (TPSA) is 165 Å². The number of phenols is 1. The molecule has 0 spiro atoms. The van der Waals surface area contributed by atoms with Crippen LogP contribution in [0.1, 0.15) is 11.3 Å². The van der Waals surface area contributed by atoms with Gasteiger partial charge in [-0.1, -0.05) is 12.1 Å². The Balaban J connectivity index is 0.00000190. The predicted octanol–water partition coefficient (Wildman–Crippen LogP) is -0.135. The minimum atomic E-state index is -0.995. The Morgan fingerprint density at radius 1 is 1.00 bits per heavy atom. The number of nitrogens with zero attached hydrogens (tertiary/aromatic N) is 1.